The minimum Gasteiger partial charge on any atom is -0.309 e. The first kappa shape index (κ1) is 27.7. The van der Waals surface area contributed by atoms with E-state index in [4.69, 9.17) is 0 Å². The fraction of sp³-hybridized carbons (Fsp3) is 0.548. The SMILES string of the molecule is C=C/C=C(\C=C)N=O.Cc1ccc2c(c1)CCC1C2CCC2(C)/C(=C/CSCCN(C)C)CCC12. The zero-order valence-corrected chi connectivity index (χ0v) is 23.1. The summed E-state index contributed by atoms with van der Waals surface area (Å²) in [4.78, 5) is 12.0. The van der Waals surface area contributed by atoms with E-state index in [9.17, 15) is 4.91 Å². The van der Waals surface area contributed by atoms with Crippen LogP contribution in [0.1, 0.15) is 61.6 Å². The van der Waals surface area contributed by atoms with Crippen molar-refractivity contribution in [2.45, 2.75) is 58.3 Å². The van der Waals surface area contributed by atoms with Gasteiger partial charge in [-0.05, 0) is 111 Å². The zero-order chi connectivity index (χ0) is 25.4. The molecular weight excluding hydrogens is 448 g/mol. The molecule has 0 amide bonds. The summed E-state index contributed by atoms with van der Waals surface area (Å²) in [6, 6.07) is 7.28. The number of nitrogens with zero attached hydrogens (tertiary/aromatic N) is 2. The highest BCUT2D eigenvalue weighted by Crippen LogP contribution is 2.62. The Labute approximate surface area is 217 Å². The van der Waals surface area contributed by atoms with Gasteiger partial charge >= 0.3 is 0 Å². The molecule has 1 aromatic rings. The highest BCUT2D eigenvalue weighted by Gasteiger charge is 2.52. The summed E-state index contributed by atoms with van der Waals surface area (Å²) >= 11 is 2.10. The van der Waals surface area contributed by atoms with E-state index in [0.717, 1.165) is 17.8 Å². The first-order valence-corrected chi connectivity index (χ1v) is 14.3. The van der Waals surface area contributed by atoms with E-state index in [0.29, 0.717) is 11.1 Å². The molecule has 0 saturated heterocycles. The second-order valence-electron chi connectivity index (χ2n) is 10.8. The topological polar surface area (TPSA) is 32.7 Å². The molecule has 4 unspecified atom stereocenters. The van der Waals surface area contributed by atoms with E-state index in [1.165, 1.54) is 80.4 Å². The van der Waals surface area contributed by atoms with Crippen LogP contribution < -0.4 is 0 Å². The van der Waals surface area contributed by atoms with Crippen molar-refractivity contribution in [3.8, 4) is 0 Å². The largest absolute Gasteiger partial charge is 0.309 e. The van der Waals surface area contributed by atoms with Gasteiger partial charge in [-0.1, -0.05) is 61.6 Å². The molecule has 0 spiro atoms. The number of aryl methyl sites for hydroxylation is 2. The van der Waals surface area contributed by atoms with Crippen LogP contribution in [0.4, 0.5) is 0 Å². The minimum absolute atomic E-state index is 0.306. The van der Waals surface area contributed by atoms with Crippen LogP contribution in [0, 0.1) is 29.1 Å². The molecule has 0 bridgehead atoms. The van der Waals surface area contributed by atoms with Gasteiger partial charge in [-0.3, -0.25) is 0 Å². The second-order valence-corrected chi connectivity index (χ2v) is 12.0. The summed E-state index contributed by atoms with van der Waals surface area (Å²) in [5.41, 5.74) is 7.40. The van der Waals surface area contributed by atoms with E-state index in [2.05, 4.69) is 87.2 Å². The third-order valence-corrected chi connectivity index (χ3v) is 9.34. The predicted octanol–water partition coefficient (Wildman–Crippen LogP) is 8.08. The van der Waals surface area contributed by atoms with Crippen molar-refractivity contribution in [2.24, 2.45) is 22.4 Å². The molecule has 0 heterocycles. The minimum atomic E-state index is 0.306. The Kier molecular flexibility index (Phi) is 10.2. The maximum atomic E-state index is 9.69. The Bertz CT molecular complexity index is 953. The van der Waals surface area contributed by atoms with Crippen LogP contribution in [0.2, 0.25) is 0 Å². The Morgan fingerprint density at radius 1 is 1.23 bits per heavy atom. The summed E-state index contributed by atoms with van der Waals surface area (Å²) in [6.45, 7) is 12.8. The van der Waals surface area contributed by atoms with Crippen LogP contribution in [0.5, 0.6) is 0 Å². The van der Waals surface area contributed by atoms with Crippen molar-refractivity contribution in [2.75, 3.05) is 32.1 Å². The molecule has 3 nitrogen and oxygen atoms in total. The number of nitroso groups, excluding NO2 is 1. The lowest BCUT2D eigenvalue weighted by atomic mass is 9.55. The molecule has 2 fully saturated rings. The number of hydrogen-bond donors (Lipinski definition) is 0. The summed E-state index contributed by atoms with van der Waals surface area (Å²) in [7, 11) is 4.34. The molecule has 4 rings (SSSR count). The van der Waals surface area contributed by atoms with Crippen molar-refractivity contribution in [1.29, 1.82) is 0 Å². The number of benzene rings is 1. The molecule has 35 heavy (non-hydrogen) atoms. The van der Waals surface area contributed by atoms with Crippen LogP contribution in [0.15, 0.2) is 72.1 Å². The van der Waals surface area contributed by atoms with Gasteiger partial charge in [0.25, 0.3) is 0 Å². The summed E-state index contributed by atoms with van der Waals surface area (Å²) < 4.78 is 0. The number of thioether (sulfide) groups is 1. The zero-order valence-electron chi connectivity index (χ0n) is 22.3. The standard InChI is InChI=1S/C25H37NS.C6H7NO/c1-18-5-8-21-19(17-18)6-9-23-22(21)11-13-25(2)20(7-10-24(23)25)12-15-27-16-14-26(3)4;1-3-5-6(4-2)7-8/h5,8,12,17,22-24H,6-7,9-11,13-16H2,1-4H3;3-5H,1-2H2/b20-12+;6-5+. The van der Waals surface area contributed by atoms with Crippen LogP contribution in [-0.4, -0.2) is 37.0 Å². The molecule has 0 aliphatic heterocycles. The Morgan fingerprint density at radius 2 is 2.03 bits per heavy atom. The Balaban J connectivity index is 0.000000371. The van der Waals surface area contributed by atoms with E-state index in [1.54, 1.807) is 16.7 Å². The van der Waals surface area contributed by atoms with E-state index < -0.39 is 0 Å². The van der Waals surface area contributed by atoms with Crippen LogP contribution in [-0.2, 0) is 6.42 Å². The van der Waals surface area contributed by atoms with E-state index in [-0.39, 0.29) is 0 Å². The van der Waals surface area contributed by atoms with E-state index >= 15 is 0 Å². The summed E-state index contributed by atoms with van der Waals surface area (Å²) in [5, 5.41) is 2.62. The molecule has 0 N–H and O–H groups in total. The van der Waals surface area contributed by atoms with Gasteiger partial charge in [0.1, 0.15) is 5.70 Å². The predicted molar refractivity (Wildman–Crippen MR) is 154 cm³/mol. The highest BCUT2D eigenvalue weighted by molar-refractivity contribution is 7.99. The Morgan fingerprint density at radius 3 is 2.69 bits per heavy atom. The smallest absolute Gasteiger partial charge is 0.107 e. The first-order valence-electron chi connectivity index (χ1n) is 13.1. The van der Waals surface area contributed by atoms with Crippen LogP contribution >= 0.6 is 11.8 Å². The maximum Gasteiger partial charge on any atom is 0.107 e. The van der Waals surface area contributed by atoms with Gasteiger partial charge < -0.3 is 4.90 Å². The van der Waals surface area contributed by atoms with Crippen molar-refractivity contribution < 1.29 is 0 Å². The van der Waals surface area contributed by atoms with Crippen LogP contribution in [0.3, 0.4) is 0 Å². The van der Waals surface area contributed by atoms with Gasteiger partial charge in [0.2, 0.25) is 0 Å². The number of hydrogen-bond acceptors (Lipinski definition) is 4. The average Bonchev–Trinajstić information content (AvgIpc) is 3.18. The fourth-order valence-electron chi connectivity index (χ4n) is 6.64. The molecule has 3 aliphatic carbocycles. The molecular formula is C31H44N2OS. The van der Waals surface area contributed by atoms with Gasteiger partial charge in [-0.2, -0.15) is 11.8 Å². The van der Waals surface area contributed by atoms with Gasteiger partial charge in [-0.15, -0.1) is 4.91 Å². The van der Waals surface area contributed by atoms with Gasteiger partial charge in [0.05, 0.1) is 0 Å². The number of fused-ring (bicyclic) bond motifs is 5. The normalized spacial score (nSPS) is 28.4. The lowest BCUT2D eigenvalue weighted by Gasteiger charge is -2.49. The van der Waals surface area contributed by atoms with Gasteiger partial charge in [0.15, 0.2) is 0 Å². The first-order chi connectivity index (χ1) is 16.8. The van der Waals surface area contributed by atoms with Crippen molar-refractivity contribution >= 4 is 11.8 Å². The molecule has 3 aliphatic rings. The maximum absolute atomic E-state index is 9.69. The molecule has 1 aromatic carbocycles. The second kappa shape index (κ2) is 12.9. The van der Waals surface area contributed by atoms with Crippen molar-refractivity contribution in [3.05, 3.63) is 88.5 Å². The van der Waals surface area contributed by atoms with Crippen molar-refractivity contribution in [3.63, 3.8) is 0 Å². The lowest BCUT2D eigenvalue weighted by molar-refractivity contribution is 0.0814. The molecule has 0 aromatic heterocycles. The molecule has 4 heteroatoms. The molecule has 4 atom stereocenters. The Hall–Kier alpha value is -1.91. The third kappa shape index (κ3) is 6.65. The average molecular weight is 493 g/mol. The van der Waals surface area contributed by atoms with Crippen LogP contribution in [0.25, 0.3) is 0 Å². The molecule has 2 saturated carbocycles. The van der Waals surface area contributed by atoms with Crippen molar-refractivity contribution in [1.82, 2.24) is 4.90 Å². The lowest BCUT2D eigenvalue weighted by Crippen LogP contribution is -2.40. The number of rotatable bonds is 8. The quantitative estimate of drug-likeness (QED) is 0.159. The van der Waals surface area contributed by atoms with Gasteiger partial charge in [-0.25, -0.2) is 0 Å². The number of allylic oxidation sites excluding steroid dienone is 4. The van der Waals surface area contributed by atoms with E-state index in [1.807, 2.05) is 0 Å². The molecule has 190 valence electrons. The molecule has 0 radical (unpaired) electrons. The monoisotopic (exact) mass is 492 g/mol. The third-order valence-electron chi connectivity index (χ3n) is 8.46. The van der Waals surface area contributed by atoms with Gasteiger partial charge in [0, 0.05) is 18.1 Å². The highest BCUT2D eigenvalue weighted by atomic mass is 32.2. The fourth-order valence-corrected chi connectivity index (χ4v) is 7.62. The summed E-state index contributed by atoms with van der Waals surface area (Å²) in [5.74, 6) is 5.13. The summed E-state index contributed by atoms with van der Waals surface area (Å²) in [6.07, 6.45) is 15.3.